The molecule has 1 aliphatic carbocycles. The molecule has 4 heteroatoms. The Morgan fingerprint density at radius 1 is 1.12 bits per heavy atom. The van der Waals surface area contributed by atoms with Crippen LogP contribution in [0.2, 0.25) is 0 Å². The summed E-state index contributed by atoms with van der Waals surface area (Å²) in [6.45, 7) is 4.56. The summed E-state index contributed by atoms with van der Waals surface area (Å²) in [5.74, 6) is 0.289. The van der Waals surface area contributed by atoms with E-state index in [4.69, 9.17) is 5.10 Å². The predicted molar refractivity (Wildman–Crippen MR) is 104 cm³/mol. The van der Waals surface area contributed by atoms with E-state index >= 15 is 0 Å². The quantitative estimate of drug-likeness (QED) is 0.854. The highest BCUT2D eigenvalue weighted by Crippen LogP contribution is 2.44. The first-order chi connectivity index (χ1) is 12.4. The lowest BCUT2D eigenvalue weighted by Gasteiger charge is -2.27. The maximum absolute atomic E-state index is 12.9. The number of fused-ring (bicyclic) bond motifs is 3. The molecular weight excluding hydrogens is 322 g/mol. The summed E-state index contributed by atoms with van der Waals surface area (Å²) >= 11 is 0. The number of rotatable bonds is 3. The highest BCUT2D eigenvalue weighted by Gasteiger charge is 2.45. The van der Waals surface area contributed by atoms with Crippen molar-refractivity contribution in [2.75, 3.05) is 20.6 Å². The van der Waals surface area contributed by atoms with Crippen LogP contribution in [0.3, 0.4) is 0 Å². The van der Waals surface area contributed by atoms with Crippen molar-refractivity contribution in [3.8, 4) is 0 Å². The molecule has 0 saturated carbocycles. The fourth-order valence-electron chi connectivity index (χ4n) is 4.07. The Morgan fingerprint density at radius 2 is 1.81 bits per heavy atom. The number of aryl methyl sites for hydroxylation is 2. The van der Waals surface area contributed by atoms with Gasteiger partial charge in [0.1, 0.15) is 0 Å². The summed E-state index contributed by atoms with van der Waals surface area (Å²) in [6, 6.07) is 15.1. The average Bonchev–Trinajstić information content (AvgIpc) is 3.11. The van der Waals surface area contributed by atoms with Crippen molar-refractivity contribution in [1.29, 1.82) is 0 Å². The van der Waals surface area contributed by atoms with Gasteiger partial charge in [-0.3, -0.25) is 4.79 Å². The molecule has 0 unspecified atom stereocenters. The highest BCUT2D eigenvalue weighted by molar-refractivity contribution is 6.08. The molecule has 134 valence electrons. The Hall–Kier alpha value is -2.46. The number of nitrogens with zero attached hydrogens (tertiary/aromatic N) is 3. The number of carbonyl (C=O) groups is 1. The van der Waals surface area contributed by atoms with E-state index in [1.165, 1.54) is 22.3 Å². The van der Waals surface area contributed by atoms with E-state index in [1.807, 2.05) is 19.0 Å². The zero-order valence-electron chi connectivity index (χ0n) is 15.9. The van der Waals surface area contributed by atoms with Gasteiger partial charge < -0.3 is 4.90 Å². The summed E-state index contributed by atoms with van der Waals surface area (Å²) in [7, 11) is 3.84. The monoisotopic (exact) mass is 347 g/mol. The number of hydrogen-bond acceptors (Lipinski definition) is 3. The second-order valence-corrected chi connectivity index (χ2v) is 7.79. The fourth-order valence-corrected chi connectivity index (χ4v) is 4.07. The molecule has 0 fully saturated rings. The highest BCUT2D eigenvalue weighted by atomic mass is 16.2. The van der Waals surface area contributed by atoms with Gasteiger partial charge in [0.15, 0.2) is 0 Å². The number of likely N-dealkylation sites (N-methyl/N-ethyl adjacent to an activating group) is 1. The Kier molecular flexibility index (Phi) is 4.16. The summed E-state index contributed by atoms with van der Waals surface area (Å²) in [4.78, 5) is 14.8. The lowest BCUT2D eigenvalue weighted by atomic mass is 9.90. The summed E-state index contributed by atoms with van der Waals surface area (Å²) in [5, 5.41) is 6.57. The smallest absolute Gasteiger partial charge is 0.257 e. The van der Waals surface area contributed by atoms with Gasteiger partial charge in [-0.15, -0.1) is 0 Å². The van der Waals surface area contributed by atoms with Gasteiger partial charge in [-0.05, 0) is 51.6 Å². The van der Waals surface area contributed by atoms with Crippen LogP contribution in [0.5, 0.6) is 0 Å². The zero-order chi connectivity index (χ0) is 18.4. The fraction of sp³-hybridized carbons (Fsp3) is 0.364. The number of hydrazone groups is 1. The lowest BCUT2D eigenvalue weighted by molar-refractivity contribution is -0.134. The van der Waals surface area contributed by atoms with E-state index in [1.54, 1.807) is 5.01 Å². The predicted octanol–water partition coefficient (Wildman–Crippen LogP) is 3.32. The van der Waals surface area contributed by atoms with Gasteiger partial charge in [-0.2, -0.15) is 5.10 Å². The molecule has 4 nitrogen and oxygen atoms in total. The van der Waals surface area contributed by atoms with Crippen LogP contribution in [0.25, 0.3) is 0 Å². The van der Waals surface area contributed by atoms with Crippen LogP contribution in [0.15, 0.2) is 47.6 Å². The van der Waals surface area contributed by atoms with Gasteiger partial charge in [0, 0.05) is 11.5 Å². The van der Waals surface area contributed by atoms with Gasteiger partial charge in [0.2, 0.25) is 0 Å². The van der Waals surface area contributed by atoms with Gasteiger partial charge in [-0.25, -0.2) is 5.01 Å². The second-order valence-electron chi connectivity index (χ2n) is 7.79. The SMILES string of the molecule is Cc1ccc([C@H]2[C@@H]3Cc4ccc(C)cc4C3=NN2C(=O)CN(C)C)cc1. The number of amides is 1. The maximum Gasteiger partial charge on any atom is 0.257 e. The molecule has 0 radical (unpaired) electrons. The van der Waals surface area contributed by atoms with Gasteiger partial charge in [0.05, 0.1) is 18.3 Å². The number of carbonyl (C=O) groups excluding carboxylic acids is 1. The Bertz CT molecular complexity index is 883. The van der Waals surface area contributed by atoms with Crippen LogP contribution in [0.1, 0.15) is 33.9 Å². The third kappa shape index (κ3) is 2.84. The molecule has 0 saturated heterocycles. The van der Waals surface area contributed by atoms with Crippen LogP contribution in [-0.2, 0) is 11.2 Å². The minimum absolute atomic E-state index is 0.0224. The van der Waals surface area contributed by atoms with E-state index in [2.05, 4.69) is 56.3 Å². The number of benzene rings is 2. The molecule has 2 aliphatic rings. The van der Waals surface area contributed by atoms with E-state index in [-0.39, 0.29) is 17.9 Å². The summed E-state index contributed by atoms with van der Waals surface area (Å²) in [6.07, 6.45) is 0.943. The van der Waals surface area contributed by atoms with E-state index < -0.39 is 0 Å². The van der Waals surface area contributed by atoms with Crippen molar-refractivity contribution in [2.24, 2.45) is 11.0 Å². The summed E-state index contributed by atoms with van der Waals surface area (Å²) < 4.78 is 0. The molecule has 26 heavy (non-hydrogen) atoms. The molecule has 0 spiro atoms. The van der Waals surface area contributed by atoms with E-state index in [0.29, 0.717) is 6.54 Å². The van der Waals surface area contributed by atoms with Gasteiger partial charge in [-0.1, -0.05) is 47.5 Å². The molecule has 4 rings (SSSR count). The van der Waals surface area contributed by atoms with Crippen molar-refractivity contribution in [2.45, 2.75) is 26.3 Å². The minimum Gasteiger partial charge on any atom is -0.301 e. The Balaban J connectivity index is 1.77. The van der Waals surface area contributed by atoms with Crippen molar-refractivity contribution in [1.82, 2.24) is 9.91 Å². The first-order valence-electron chi connectivity index (χ1n) is 9.16. The van der Waals surface area contributed by atoms with Crippen molar-refractivity contribution < 1.29 is 4.79 Å². The van der Waals surface area contributed by atoms with Crippen molar-refractivity contribution in [3.63, 3.8) is 0 Å². The molecule has 1 heterocycles. The first-order valence-corrected chi connectivity index (χ1v) is 9.16. The normalized spacial score (nSPS) is 21.0. The molecule has 2 aromatic rings. The van der Waals surface area contributed by atoms with E-state index in [9.17, 15) is 4.79 Å². The molecule has 2 aromatic carbocycles. The van der Waals surface area contributed by atoms with E-state index in [0.717, 1.165) is 17.7 Å². The topological polar surface area (TPSA) is 35.9 Å². The maximum atomic E-state index is 12.9. The average molecular weight is 347 g/mol. The van der Waals surface area contributed by atoms with Gasteiger partial charge in [0.25, 0.3) is 5.91 Å². The van der Waals surface area contributed by atoms with Crippen LogP contribution >= 0.6 is 0 Å². The van der Waals surface area contributed by atoms with Crippen LogP contribution in [0, 0.1) is 19.8 Å². The molecule has 0 bridgehead atoms. The third-order valence-corrected chi connectivity index (χ3v) is 5.32. The minimum atomic E-state index is -0.0224. The van der Waals surface area contributed by atoms with Crippen LogP contribution in [0.4, 0.5) is 0 Å². The molecule has 1 amide bonds. The third-order valence-electron chi connectivity index (χ3n) is 5.32. The molecule has 2 atom stereocenters. The lowest BCUT2D eigenvalue weighted by Crippen LogP contribution is -2.36. The van der Waals surface area contributed by atoms with Crippen molar-refractivity contribution in [3.05, 3.63) is 70.3 Å². The molecule has 1 aliphatic heterocycles. The zero-order valence-corrected chi connectivity index (χ0v) is 15.9. The largest absolute Gasteiger partial charge is 0.301 e. The number of hydrogen-bond donors (Lipinski definition) is 0. The summed E-state index contributed by atoms with van der Waals surface area (Å²) in [5.41, 5.74) is 7.25. The molecule has 0 aromatic heterocycles. The Labute approximate surface area is 155 Å². The van der Waals surface area contributed by atoms with Crippen LogP contribution in [-0.4, -0.2) is 42.2 Å². The van der Waals surface area contributed by atoms with Crippen LogP contribution < -0.4 is 0 Å². The molecule has 0 N–H and O–H groups in total. The Morgan fingerprint density at radius 3 is 2.50 bits per heavy atom. The first kappa shape index (κ1) is 17.0. The second kappa shape index (κ2) is 6.36. The van der Waals surface area contributed by atoms with Gasteiger partial charge >= 0.3 is 0 Å². The molecular formula is C22H25N3O. The standard InChI is InChI=1S/C22H25N3O/c1-14-5-8-16(9-6-14)22-19-12-17-10-7-15(2)11-18(17)21(19)23-25(22)20(26)13-24(3)4/h5-11,19,22H,12-13H2,1-4H3/t19-,22+/m1/s1. The van der Waals surface area contributed by atoms with Crippen molar-refractivity contribution >= 4 is 11.6 Å².